The summed E-state index contributed by atoms with van der Waals surface area (Å²) in [4.78, 5) is 5.46. The number of H-pyrrole nitrogens is 1. The predicted molar refractivity (Wildman–Crippen MR) is 135 cm³/mol. The molecule has 0 unspecified atom stereocenters. The normalized spacial score (nSPS) is 18.8. The molecular weight excluding hydrogens is 451 g/mol. The average Bonchev–Trinajstić information content (AvgIpc) is 3.25. The minimum atomic E-state index is -3.54. The fourth-order valence-corrected chi connectivity index (χ4v) is 6.62. The van der Waals surface area contributed by atoms with Gasteiger partial charge >= 0.3 is 10.2 Å². The minimum absolute atomic E-state index is 0.243. The number of para-hydroxylation sites is 1. The third kappa shape index (κ3) is 4.37. The zero-order chi connectivity index (χ0) is 23.7. The number of rotatable bonds is 7. The number of fused-ring (bicyclic) bond motifs is 2. The van der Waals surface area contributed by atoms with Gasteiger partial charge in [0.05, 0.1) is 5.69 Å². The Hall–Kier alpha value is -2.68. The zero-order valence-electron chi connectivity index (χ0n) is 19.5. The van der Waals surface area contributed by atoms with Crippen molar-refractivity contribution in [3.63, 3.8) is 0 Å². The molecule has 0 saturated heterocycles. The molecule has 0 fully saturated rings. The number of hydrogen-bond donors (Lipinski definition) is 1. The molecule has 1 N–H and O–H groups in total. The second-order valence-corrected chi connectivity index (χ2v) is 10.9. The van der Waals surface area contributed by atoms with E-state index in [0.717, 1.165) is 60.1 Å². The molecule has 0 amide bonds. The molecule has 5 rings (SSSR count). The van der Waals surface area contributed by atoms with E-state index in [9.17, 15) is 12.8 Å². The lowest BCUT2D eigenvalue weighted by Gasteiger charge is -2.38. The highest BCUT2D eigenvalue weighted by Gasteiger charge is 2.36. The average molecular weight is 483 g/mol. The molecule has 34 heavy (non-hydrogen) atoms. The first kappa shape index (κ1) is 23.1. The van der Waals surface area contributed by atoms with Gasteiger partial charge in [0.2, 0.25) is 0 Å². The Kier molecular flexibility index (Phi) is 6.46. The summed E-state index contributed by atoms with van der Waals surface area (Å²) in [6, 6.07) is 12.7. The maximum Gasteiger partial charge on any atom is 0.304 e. The van der Waals surface area contributed by atoms with Gasteiger partial charge in [0, 0.05) is 61.9 Å². The Balaban J connectivity index is 1.29. The Morgan fingerprint density at radius 2 is 1.94 bits per heavy atom. The van der Waals surface area contributed by atoms with Crippen LogP contribution in [0.3, 0.4) is 0 Å². The highest BCUT2D eigenvalue weighted by molar-refractivity contribution is 7.90. The third-order valence-corrected chi connectivity index (χ3v) is 8.78. The smallest absolute Gasteiger partial charge is 0.304 e. The van der Waals surface area contributed by atoms with Crippen molar-refractivity contribution in [2.45, 2.75) is 32.7 Å². The molecule has 3 heterocycles. The van der Waals surface area contributed by atoms with E-state index in [1.807, 2.05) is 36.5 Å². The van der Waals surface area contributed by atoms with Gasteiger partial charge in [-0.15, -0.1) is 0 Å². The number of halogens is 1. The molecule has 180 valence electrons. The van der Waals surface area contributed by atoms with E-state index in [1.165, 1.54) is 17.7 Å². The van der Waals surface area contributed by atoms with E-state index >= 15 is 0 Å². The van der Waals surface area contributed by atoms with Crippen molar-refractivity contribution in [1.29, 1.82) is 0 Å². The molecule has 0 spiro atoms. The highest BCUT2D eigenvalue weighted by atomic mass is 32.2. The molecule has 6 nitrogen and oxygen atoms in total. The van der Waals surface area contributed by atoms with Gasteiger partial charge in [0.25, 0.3) is 0 Å². The molecule has 0 bridgehead atoms. The number of unbranched alkanes of at least 4 members (excludes halogenated alkanes) is 1. The summed E-state index contributed by atoms with van der Waals surface area (Å²) in [5.74, 6) is -0.243. The SMILES string of the molecule is CCCCN1Cc2ccccc2N(CCN2CC=C(c3c[nH]c4cc(F)ccc34)CC2)S1(=O)=O. The lowest BCUT2D eigenvalue weighted by molar-refractivity contribution is 0.308. The Morgan fingerprint density at radius 1 is 1.09 bits per heavy atom. The van der Waals surface area contributed by atoms with Crippen molar-refractivity contribution in [2.24, 2.45) is 0 Å². The van der Waals surface area contributed by atoms with Crippen LogP contribution in [0.15, 0.2) is 54.7 Å². The van der Waals surface area contributed by atoms with Crippen LogP contribution in [0, 0.1) is 5.82 Å². The summed E-state index contributed by atoms with van der Waals surface area (Å²) < 4.78 is 43.5. The molecule has 0 atom stereocenters. The lowest BCUT2D eigenvalue weighted by atomic mass is 9.99. The number of anilines is 1. The van der Waals surface area contributed by atoms with Crippen LogP contribution in [0.4, 0.5) is 10.1 Å². The summed E-state index contributed by atoms with van der Waals surface area (Å²) >= 11 is 0. The van der Waals surface area contributed by atoms with Crippen LogP contribution >= 0.6 is 0 Å². The number of nitrogens with zero attached hydrogens (tertiary/aromatic N) is 3. The van der Waals surface area contributed by atoms with E-state index in [-0.39, 0.29) is 5.82 Å². The van der Waals surface area contributed by atoms with Crippen LogP contribution in [0.1, 0.15) is 37.3 Å². The quantitative estimate of drug-likeness (QED) is 0.528. The molecule has 0 radical (unpaired) electrons. The van der Waals surface area contributed by atoms with Gasteiger partial charge < -0.3 is 4.98 Å². The van der Waals surface area contributed by atoms with Crippen molar-refractivity contribution in [1.82, 2.24) is 14.2 Å². The van der Waals surface area contributed by atoms with Crippen molar-refractivity contribution in [3.05, 3.63) is 71.7 Å². The van der Waals surface area contributed by atoms with Gasteiger partial charge in [0.1, 0.15) is 5.82 Å². The fraction of sp³-hybridized carbons (Fsp3) is 0.385. The van der Waals surface area contributed by atoms with Crippen LogP contribution in [-0.4, -0.2) is 55.3 Å². The summed E-state index contributed by atoms with van der Waals surface area (Å²) in [6.07, 6.45) is 6.85. The monoisotopic (exact) mass is 482 g/mol. The first-order chi connectivity index (χ1) is 16.5. The van der Waals surface area contributed by atoms with Gasteiger partial charge in [-0.2, -0.15) is 12.7 Å². The predicted octanol–water partition coefficient (Wildman–Crippen LogP) is 4.76. The summed E-state index contributed by atoms with van der Waals surface area (Å²) in [5.41, 5.74) is 5.03. The second-order valence-electron chi connectivity index (χ2n) is 9.07. The van der Waals surface area contributed by atoms with E-state index < -0.39 is 10.2 Å². The fourth-order valence-electron chi connectivity index (χ4n) is 4.94. The number of benzene rings is 2. The Bertz CT molecular complexity index is 1320. The molecule has 8 heteroatoms. The van der Waals surface area contributed by atoms with Gasteiger partial charge in [-0.05, 0) is 48.2 Å². The van der Waals surface area contributed by atoms with Crippen molar-refractivity contribution in [3.8, 4) is 0 Å². The third-order valence-electron chi connectivity index (χ3n) is 6.88. The van der Waals surface area contributed by atoms with Gasteiger partial charge in [-0.25, -0.2) is 4.39 Å². The maximum absolute atomic E-state index is 13.5. The molecule has 2 aromatic carbocycles. The maximum atomic E-state index is 13.5. The molecule has 3 aromatic rings. The summed E-state index contributed by atoms with van der Waals surface area (Å²) in [6.45, 7) is 5.78. The van der Waals surface area contributed by atoms with Crippen LogP contribution in [-0.2, 0) is 16.8 Å². The van der Waals surface area contributed by atoms with Crippen LogP contribution in [0.2, 0.25) is 0 Å². The summed E-state index contributed by atoms with van der Waals surface area (Å²) in [5, 5.41) is 1.03. The molecule has 2 aliphatic heterocycles. The van der Waals surface area contributed by atoms with Crippen LogP contribution < -0.4 is 4.31 Å². The summed E-state index contributed by atoms with van der Waals surface area (Å²) in [7, 11) is -3.54. The van der Waals surface area contributed by atoms with Crippen molar-refractivity contribution < 1.29 is 12.8 Å². The van der Waals surface area contributed by atoms with E-state index in [4.69, 9.17) is 0 Å². The largest absolute Gasteiger partial charge is 0.360 e. The molecule has 2 aliphatic rings. The Morgan fingerprint density at radius 3 is 2.74 bits per heavy atom. The van der Waals surface area contributed by atoms with Crippen LogP contribution in [0.5, 0.6) is 0 Å². The van der Waals surface area contributed by atoms with Gasteiger partial charge in [0.15, 0.2) is 0 Å². The van der Waals surface area contributed by atoms with E-state index in [0.29, 0.717) is 26.2 Å². The van der Waals surface area contributed by atoms with Crippen molar-refractivity contribution >= 4 is 32.4 Å². The van der Waals surface area contributed by atoms with E-state index in [1.54, 1.807) is 8.61 Å². The van der Waals surface area contributed by atoms with Crippen LogP contribution in [0.25, 0.3) is 16.5 Å². The minimum Gasteiger partial charge on any atom is -0.360 e. The second kappa shape index (κ2) is 9.52. The lowest BCUT2D eigenvalue weighted by Crippen LogP contribution is -2.50. The first-order valence-corrected chi connectivity index (χ1v) is 13.4. The molecule has 0 saturated carbocycles. The molecular formula is C26H31FN4O2S. The number of aromatic amines is 1. The molecule has 1 aromatic heterocycles. The van der Waals surface area contributed by atoms with E-state index in [2.05, 4.69) is 22.9 Å². The van der Waals surface area contributed by atoms with Gasteiger partial charge in [-0.3, -0.25) is 9.21 Å². The van der Waals surface area contributed by atoms with Crippen molar-refractivity contribution in [2.75, 3.05) is 37.0 Å². The van der Waals surface area contributed by atoms with Gasteiger partial charge in [-0.1, -0.05) is 37.6 Å². The Labute approximate surface area is 200 Å². The highest BCUT2D eigenvalue weighted by Crippen LogP contribution is 2.33. The number of aromatic nitrogens is 1. The first-order valence-electron chi connectivity index (χ1n) is 12.0. The molecule has 0 aliphatic carbocycles. The number of hydrogen-bond acceptors (Lipinski definition) is 3. The zero-order valence-corrected chi connectivity index (χ0v) is 20.3. The topological polar surface area (TPSA) is 59.6 Å². The standard InChI is InChI=1S/C26H31FN4O2S/c1-2-3-12-30-19-21-6-4-5-7-26(21)31(34(30,32)33)16-15-29-13-10-20(11-14-29)24-18-28-25-17-22(27)8-9-23(24)25/h4-10,17-18,28H,2-3,11-16,19H2,1H3. The number of nitrogens with one attached hydrogen (secondary N) is 1.